The second-order valence-corrected chi connectivity index (χ2v) is 9.53. The van der Waals surface area contributed by atoms with Crippen molar-refractivity contribution in [3.63, 3.8) is 0 Å². The summed E-state index contributed by atoms with van der Waals surface area (Å²) in [4.78, 5) is 14.9. The molecule has 1 amide bonds. The maximum atomic E-state index is 13.0. The number of likely N-dealkylation sites (tertiary alicyclic amines) is 1. The van der Waals surface area contributed by atoms with Crippen molar-refractivity contribution in [2.24, 2.45) is 5.92 Å². The monoisotopic (exact) mass is 400 g/mol. The molecule has 0 aliphatic carbocycles. The fraction of sp³-hybridized carbons (Fsp3) is 0.409. The number of aryl methyl sites for hydroxylation is 3. The number of amides is 1. The topological polar surface area (TPSA) is 66.5 Å². The van der Waals surface area contributed by atoms with E-state index in [9.17, 15) is 13.2 Å². The molecule has 1 saturated heterocycles. The summed E-state index contributed by atoms with van der Waals surface area (Å²) in [6, 6.07) is 10.4. The minimum absolute atomic E-state index is 0.103. The number of piperidine rings is 1. The van der Waals surface area contributed by atoms with E-state index in [1.165, 1.54) is 6.07 Å². The van der Waals surface area contributed by atoms with Crippen molar-refractivity contribution in [1.82, 2.24) is 4.90 Å². The van der Waals surface area contributed by atoms with E-state index in [4.69, 9.17) is 0 Å². The van der Waals surface area contributed by atoms with Gasteiger partial charge in [0.2, 0.25) is 0 Å². The number of carbonyl (C=O) groups excluding carboxylic acids is 1. The van der Waals surface area contributed by atoms with Crippen LogP contribution in [0, 0.1) is 26.7 Å². The molecule has 3 rings (SSSR count). The number of nitrogens with one attached hydrogen (secondary N) is 1. The minimum atomic E-state index is -3.79. The third kappa shape index (κ3) is 4.38. The number of benzene rings is 2. The number of carbonyl (C=O) groups is 1. The molecule has 0 bridgehead atoms. The first-order valence-corrected chi connectivity index (χ1v) is 11.2. The molecular weight excluding hydrogens is 372 g/mol. The summed E-state index contributed by atoms with van der Waals surface area (Å²) < 4.78 is 28.6. The number of hydrogen-bond donors (Lipinski definition) is 1. The summed E-state index contributed by atoms with van der Waals surface area (Å²) in [6.45, 7) is 9.24. The molecule has 28 heavy (non-hydrogen) atoms. The number of sulfonamides is 1. The van der Waals surface area contributed by atoms with Gasteiger partial charge in [0.15, 0.2) is 0 Å². The molecule has 2 aromatic carbocycles. The van der Waals surface area contributed by atoms with Crippen molar-refractivity contribution in [1.29, 1.82) is 0 Å². The molecule has 1 N–H and O–H groups in total. The van der Waals surface area contributed by atoms with Crippen molar-refractivity contribution in [3.8, 4) is 0 Å². The van der Waals surface area contributed by atoms with E-state index in [0.717, 1.165) is 37.1 Å². The molecule has 0 spiro atoms. The highest BCUT2D eigenvalue weighted by Gasteiger charge is 2.24. The molecule has 0 radical (unpaired) electrons. The molecule has 1 aliphatic heterocycles. The highest BCUT2D eigenvalue weighted by Crippen LogP contribution is 2.24. The zero-order chi connectivity index (χ0) is 20.5. The lowest BCUT2D eigenvalue weighted by atomic mass is 9.99. The Bertz CT molecular complexity index is 999. The quantitative estimate of drug-likeness (QED) is 0.833. The second kappa shape index (κ2) is 7.95. The van der Waals surface area contributed by atoms with Gasteiger partial charge in [-0.3, -0.25) is 9.52 Å². The van der Waals surface area contributed by atoms with Gasteiger partial charge in [-0.15, -0.1) is 0 Å². The van der Waals surface area contributed by atoms with Crippen LogP contribution in [0.3, 0.4) is 0 Å². The van der Waals surface area contributed by atoms with Crippen LogP contribution >= 0.6 is 0 Å². The second-order valence-electron chi connectivity index (χ2n) is 7.88. The van der Waals surface area contributed by atoms with E-state index in [0.29, 0.717) is 22.7 Å². The zero-order valence-electron chi connectivity index (χ0n) is 17.0. The van der Waals surface area contributed by atoms with E-state index in [1.54, 1.807) is 25.1 Å². The lowest BCUT2D eigenvalue weighted by Gasteiger charge is -2.31. The summed E-state index contributed by atoms with van der Waals surface area (Å²) in [5.41, 5.74) is 3.66. The normalized spacial score (nSPS) is 17.4. The molecular formula is C22H28N2O3S. The molecule has 2 aromatic rings. The van der Waals surface area contributed by atoms with Gasteiger partial charge in [0.25, 0.3) is 15.9 Å². The van der Waals surface area contributed by atoms with Crippen LogP contribution in [0.5, 0.6) is 0 Å². The average molecular weight is 401 g/mol. The largest absolute Gasteiger partial charge is 0.338 e. The number of nitrogens with zero attached hydrogens (tertiary/aromatic N) is 1. The van der Waals surface area contributed by atoms with Crippen LogP contribution in [0.25, 0.3) is 0 Å². The molecule has 1 aliphatic rings. The van der Waals surface area contributed by atoms with Gasteiger partial charge in [-0.25, -0.2) is 8.42 Å². The Balaban J connectivity index is 1.89. The van der Waals surface area contributed by atoms with Gasteiger partial charge >= 0.3 is 0 Å². The molecule has 1 heterocycles. The first-order chi connectivity index (χ1) is 13.2. The van der Waals surface area contributed by atoms with Gasteiger partial charge in [-0.2, -0.15) is 0 Å². The lowest BCUT2D eigenvalue weighted by Crippen LogP contribution is -2.39. The Hall–Kier alpha value is -2.34. The fourth-order valence-corrected chi connectivity index (χ4v) is 4.92. The number of anilines is 1. The van der Waals surface area contributed by atoms with Crippen molar-refractivity contribution >= 4 is 21.6 Å². The molecule has 0 aromatic heterocycles. The Labute approximate surface area is 167 Å². The molecule has 150 valence electrons. The molecule has 6 heteroatoms. The van der Waals surface area contributed by atoms with Crippen molar-refractivity contribution in [2.45, 2.75) is 45.4 Å². The molecule has 0 saturated carbocycles. The van der Waals surface area contributed by atoms with E-state index < -0.39 is 10.0 Å². The summed E-state index contributed by atoms with van der Waals surface area (Å²) in [6.07, 6.45) is 2.11. The third-order valence-electron chi connectivity index (χ3n) is 5.43. The highest BCUT2D eigenvalue weighted by molar-refractivity contribution is 7.92. The Morgan fingerprint density at radius 1 is 1.04 bits per heavy atom. The highest BCUT2D eigenvalue weighted by atomic mass is 32.2. The van der Waals surface area contributed by atoms with Gasteiger partial charge in [0, 0.05) is 24.3 Å². The van der Waals surface area contributed by atoms with Crippen molar-refractivity contribution in [2.75, 3.05) is 17.8 Å². The first kappa shape index (κ1) is 20.4. The van der Waals surface area contributed by atoms with E-state index in [-0.39, 0.29) is 10.8 Å². The molecule has 5 nitrogen and oxygen atoms in total. The first-order valence-electron chi connectivity index (χ1n) is 9.67. The van der Waals surface area contributed by atoms with E-state index in [1.807, 2.05) is 30.9 Å². The van der Waals surface area contributed by atoms with Crippen molar-refractivity contribution < 1.29 is 13.2 Å². The zero-order valence-corrected chi connectivity index (χ0v) is 17.8. The lowest BCUT2D eigenvalue weighted by molar-refractivity contribution is 0.0683. The van der Waals surface area contributed by atoms with Crippen LogP contribution in [0.2, 0.25) is 0 Å². The molecule has 1 atom stereocenters. The maximum Gasteiger partial charge on any atom is 0.262 e. The van der Waals surface area contributed by atoms with Crippen LogP contribution in [0.4, 0.5) is 5.69 Å². The summed E-state index contributed by atoms with van der Waals surface area (Å²) in [7, 11) is -3.79. The van der Waals surface area contributed by atoms with Gasteiger partial charge in [-0.05, 0) is 80.5 Å². The summed E-state index contributed by atoms with van der Waals surface area (Å²) in [5, 5.41) is 0. The van der Waals surface area contributed by atoms with Gasteiger partial charge in [0.05, 0.1) is 4.90 Å². The predicted octanol–water partition coefficient (Wildman–Crippen LogP) is 4.28. The van der Waals surface area contributed by atoms with E-state index in [2.05, 4.69) is 11.6 Å². The third-order valence-corrected chi connectivity index (χ3v) is 6.95. The van der Waals surface area contributed by atoms with Crippen LogP contribution in [0.1, 0.15) is 46.8 Å². The number of rotatable bonds is 4. The Kier molecular flexibility index (Phi) is 5.79. The molecule has 0 unspecified atom stereocenters. The van der Waals surface area contributed by atoms with Gasteiger partial charge in [-0.1, -0.05) is 19.1 Å². The van der Waals surface area contributed by atoms with E-state index >= 15 is 0 Å². The predicted molar refractivity (Wildman–Crippen MR) is 112 cm³/mol. The van der Waals surface area contributed by atoms with Crippen LogP contribution in [-0.4, -0.2) is 32.3 Å². The minimum Gasteiger partial charge on any atom is -0.338 e. The average Bonchev–Trinajstić information content (AvgIpc) is 2.64. The Morgan fingerprint density at radius 3 is 2.43 bits per heavy atom. The Morgan fingerprint density at radius 2 is 1.75 bits per heavy atom. The standard InChI is InChI=1S/C22H28N2O3S/c1-15-6-5-11-24(14-15)22(25)19-9-7-17(3)21(13-19)28(26,27)23-20-10-8-16(2)18(4)12-20/h7-10,12-13,15,23H,5-6,11,14H2,1-4H3/t15-/m1/s1. The molecule has 1 fully saturated rings. The van der Waals surface area contributed by atoms with Crippen LogP contribution in [0.15, 0.2) is 41.3 Å². The summed E-state index contributed by atoms with van der Waals surface area (Å²) in [5.74, 6) is 0.368. The fourth-order valence-electron chi connectivity index (χ4n) is 3.59. The van der Waals surface area contributed by atoms with Crippen molar-refractivity contribution in [3.05, 3.63) is 58.7 Å². The summed E-state index contributed by atoms with van der Waals surface area (Å²) >= 11 is 0. The van der Waals surface area contributed by atoms with Gasteiger partial charge < -0.3 is 4.90 Å². The van der Waals surface area contributed by atoms with Crippen LogP contribution < -0.4 is 4.72 Å². The van der Waals surface area contributed by atoms with Gasteiger partial charge in [0.1, 0.15) is 0 Å². The maximum absolute atomic E-state index is 13.0. The van der Waals surface area contributed by atoms with Crippen LogP contribution in [-0.2, 0) is 10.0 Å². The smallest absolute Gasteiger partial charge is 0.262 e. The SMILES string of the molecule is Cc1ccc(NS(=O)(=O)c2cc(C(=O)N3CCC[C@@H](C)C3)ccc2C)cc1C. The number of hydrogen-bond acceptors (Lipinski definition) is 3.